The Labute approximate surface area is 73.8 Å². The monoisotopic (exact) mass is 188 g/mol. The highest BCUT2D eigenvalue weighted by molar-refractivity contribution is 5.04. The van der Waals surface area contributed by atoms with Gasteiger partial charge in [-0.25, -0.2) is 0 Å². The summed E-state index contributed by atoms with van der Waals surface area (Å²) in [6.07, 6.45) is 1.93. The molecule has 1 heterocycles. The molecule has 0 saturated carbocycles. The maximum atomic E-state index is 13.2. The number of H-pyrrole nitrogens is 1. The number of aromatic nitrogens is 2. The number of halogens is 2. The lowest BCUT2D eigenvalue weighted by Crippen LogP contribution is -2.25. The quantitative estimate of drug-likeness (QED) is 0.764. The van der Waals surface area contributed by atoms with Gasteiger partial charge in [0.2, 0.25) is 0 Å². The zero-order valence-corrected chi connectivity index (χ0v) is 7.34. The van der Waals surface area contributed by atoms with Gasteiger partial charge in [0.25, 0.3) is 11.5 Å². The molecular weight excluding hydrogens is 178 g/mol. The third-order valence-corrected chi connectivity index (χ3v) is 1.74. The van der Waals surface area contributed by atoms with Crippen LogP contribution < -0.4 is 5.56 Å². The second-order valence-corrected chi connectivity index (χ2v) is 3.09. The van der Waals surface area contributed by atoms with Gasteiger partial charge in [-0.3, -0.25) is 9.78 Å². The molecule has 0 unspecified atom stereocenters. The van der Waals surface area contributed by atoms with Crippen molar-refractivity contribution < 1.29 is 8.78 Å². The molecule has 0 fully saturated rings. The van der Waals surface area contributed by atoms with E-state index in [0.717, 1.165) is 12.4 Å². The van der Waals surface area contributed by atoms with Gasteiger partial charge in [-0.2, -0.15) is 8.78 Å². The van der Waals surface area contributed by atoms with Crippen molar-refractivity contribution in [1.29, 1.82) is 0 Å². The average molecular weight is 188 g/mol. The Morgan fingerprint density at radius 2 is 2.08 bits per heavy atom. The molecule has 0 saturated heterocycles. The highest BCUT2D eigenvalue weighted by Gasteiger charge is 2.36. The standard InChI is InChI=1S/C8H10F2N2O/c1-5(2)8(9,10)6-3-11-4-7(13)12-6/h3-5H,1-2H3,(H,12,13). The maximum absolute atomic E-state index is 13.2. The van der Waals surface area contributed by atoms with E-state index in [1.54, 1.807) is 0 Å². The fourth-order valence-electron chi connectivity index (χ4n) is 0.857. The molecule has 0 aliphatic rings. The summed E-state index contributed by atoms with van der Waals surface area (Å²) in [4.78, 5) is 16.2. The van der Waals surface area contributed by atoms with E-state index in [4.69, 9.17) is 0 Å². The summed E-state index contributed by atoms with van der Waals surface area (Å²) in [7, 11) is 0. The van der Waals surface area contributed by atoms with Crippen LogP contribution >= 0.6 is 0 Å². The number of hydrogen-bond donors (Lipinski definition) is 1. The molecule has 0 aromatic carbocycles. The lowest BCUT2D eigenvalue weighted by atomic mass is 10.0. The third kappa shape index (κ3) is 1.91. The lowest BCUT2D eigenvalue weighted by Gasteiger charge is -2.19. The topological polar surface area (TPSA) is 45.8 Å². The van der Waals surface area contributed by atoms with Crippen molar-refractivity contribution in [2.45, 2.75) is 19.8 Å². The molecule has 72 valence electrons. The minimum atomic E-state index is -3.03. The van der Waals surface area contributed by atoms with E-state index in [1.807, 2.05) is 0 Å². The highest BCUT2D eigenvalue weighted by Crippen LogP contribution is 2.33. The number of aromatic amines is 1. The first-order chi connectivity index (χ1) is 5.94. The van der Waals surface area contributed by atoms with Crippen LogP contribution in [0.1, 0.15) is 19.5 Å². The number of rotatable bonds is 2. The van der Waals surface area contributed by atoms with E-state index in [2.05, 4.69) is 9.97 Å². The van der Waals surface area contributed by atoms with E-state index in [-0.39, 0.29) is 0 Å². The summed E-state index contributed by atoms with van der Waals surface area (Å²) in [5, 5.41) is 0. The summed E-state index contributed by atoms with van der Waals surface area (Å²) < 4.78 is 26.5. The molecule has 0 amide bonds. The summed E-state index contributed by atoms with van der Waals surface area (Å²) >= 11 is 0. The van der Waals surface area contributed by atoms with E-state index in [9.17, 15) is 13.6 Å². The van der Waals surface area contributed by atoms with Crippen molar-refractivity contribution in [2.24, 2.45) is 5.92 Å². The summed E-state index contributed by atoms with van der Waals surface area (Å²) in [5.74, 6) is -3.90. The van der Waals surface area contributed by atoms with Crippen LogP contribution in [0.15, 0.2) is 17.2 Å². The molecule has 0 spiro atoms. The normalized spacial score (nSPS) is 12.1. The zero-order chi connectivity index (χ0) is 10.1. The van der Waals surface area contributed by atoms with Crippen molar-refractivity contribution >= 4 is 0 Å². The lowest BCUT2D eigenvalue weighted by molar-refractivity contribution is -0.0559. The van der Waals surface area contributed by atoms with Gasteiger partial charge in [0.1, 0.15) is 5.69 Å². The van der Waals surface area contributed by atoms with Crippen LogP contribution in [0.4, 0.5) is 8.78 Å². The van der Waals surface area contributed by atoms with E-state index in [1.165, 1.54) is 13.8 Å². The van der Waals surface area contributed by atoms with Gasteiger partial charge in [0.05, 0.1) is 12.4 Å². The first-order valence-corrected chi connectivity index (χ1v) is 3.87. The average Bonchev–Trinajstić information content (AvgIpc) is 2.04. The van der Waals surface area contributed by atoms with Gasteiger partial charge >= 0.3 is 0 Å². The molecule has 0 radical (unpaired) electrons. The van der Waals surface area contributed by atoms with Crippen LogP contribution in [0.2, 0.25) is 0 Å². The first-order valence-electron chi connectivity index (χ1n) is 3.87. The Morgan fingerprint density at radius 1 is 1.46 bits per heavy atom. The van der Waals surface area contributed by atoms with Crippen LogP contribution in [0.3, 0.4) is 0 Å². The molecule has 1 N–H and O–H groups in total. The summed E-state index contributed by atoms with van der Waals surface area (Å²) in [6, 6.07) is 0. The second kappa shape index (κ2) is 3.24. The van der Waals surface area contributed by atoms with Crippen LogP contribution in [0.25, 0.3) is 0 Å². The van der Waals surface area contributed by atoms with Crippen molar-refractivity contribution in [2.75, 3.05) is 0 Å². The van der Waals surface area contributed by atoms with Crippen molar-refractivity contribution in [3.8, 4) is 0 Å². The van der Waals surface area contributed by atoms with E-state index >= 15 is 0 Å². The predicted octanol–water partition coefficient (Wildman–Crippen LogP) is 1.52. The van der Waals surface area contributed by atoms with Gasteiger partial charge in [0, 0.05) is 5.92 Å². The largest absolute Gasteiger partial charge is 0.318 e. The molecule has 1 rings (SSSR count). The minimum absolute atomic E-state index is 0.435. The molecule has 13 heavy (non-hydrogen) atoms. The Hall–Kier alpha value is -1.26. The number of nitrogens with one attached hydrogen (secondary N) is 1. The fraction of sp³-hybridized carbons (Fsp3) is 0.500. The SMILES string of the molecule is CC(C)C(F)(F)c1cncc(=O)[nH]1. The number of nitrogens with zero attached hydrogens (tertiary/aromatic N) is 1. The van der Waals surface area contributed by atoms with Crippen molar-refractivity contribution in [1.82, 2.24) is 9.97 Å². The first kappa shape index (κ1) is 9.83. The maximum Gasteiger partial charge on any atom is 0.291 e. The molecule has 0 bridgehead atoms. The van der Waals surface area contributed by atoms with Crippen LogP contribution in [0.5, 0.6) is 0 Å². The number of alkyl halides is 2. The molecule has 0 atom stereocenters. The Morgan fingerprint density at radius 3 is 2.54 bits per heavy atom. The summed E-state index contributed by atoms with van der Waals surface area (Å²) in [5.41, 5.74) is -1.05. The van der Waals surface area contributed by atoms with Gasteiger partial charge in [-0.1, -0.05) is 13.8 Å². The molecule has 0 aliphatic carbocycles. The molecule has 1 aromatic heterocycles. The van der Waals surface area contributed by atoms with Crippen LogP contribution in [0, 0.1) is 5.92 Å². The predicted molar refractivity (Wildman–Crippen MR) is 43.6 cm³/mol. The second-order valence-electron chi connectivity index (χ2n) is 3.09. The summed E-state index contributed by atoms with van der Waals surface area (Å²) in [6.45, 7) is 2.76. The van der Waals surface area contributed by atoms with Gasteiger partial charge in [-0.05, 0) is 0 Å². The fourth-order valence-corrected chi connectivity index (χ4v) is 0.857. The molecular formula is C8H10F2N2O. The third-order valence-electron chi connectivity index (χ3n) is 1.74. The molecule has 3 nitrogen and oxygen atoms in total. The molecule has 5 heteroatoms. The highest BCUT2D eigenvalue weighted by atomic mass is 19.3. The Balaban J connectivity index is 3.14. The van der Waals surface area contributed by atoms with Crippen molar-refractivity contribution in [3.05, 3.63) is 28.4 Å². The van der Waals surface area contributed by atoms with Gasteiger partial charge in [-0.15, -0.1) is 0 Å². The van der Waals surface area contributed by atoms with Crippen molar-refractivity contribution in [3.63, 3.8) is 0 Å². The smallest absolute Gasteiger partial charge is 0.291 e. The Bertz CT molecular complexity index is 346. The zero-order valence-electron chi connectivity index (χ0n) is 7.34. The molecule has 0 aliphatic heterocycles. The van der Waals surface area contributed by atoms with Gasteiger partial charge < -0.3 is 4.98 Å². The minimum Gasteiger partial charge on any atom is -0.318 e. The van der Waals surface area contributed by atoms with Crippen LogP contribution in [-0.4, -0.2) is 9.97 Å². The van der Waals surface area contributed by atoms with E-state index < -0.39 is 23.1 Å². The molecule has 1 aromatic rings. The number of hydrogen-bond acceptors (Lipinski definition) is 2. The van der Waals surface area contributed by atoms with E-state index in [0.29, 0.717) is 0 Å². The van der Waals surface area contributed by atoms with Gasteiger partial charge in [0.15, 0.2) is 0 Å². The van der Waals surface area contributed by atoms with Crippen LogP contribution in [-0.2, 0) is 5.92 Å². The Kier molecular flexibility index (Phi) is 2.45.